The first-order chi connectivity index (χ1) is 21.8. The maximum Gasteiger partial charge on any atom is 0.0302 e. The third-order valence-corrected chi connectivity index (χ3v) is 11.4. The normalized spacial score (nSPS) is 11.8. The number of hydrogen-bond donors (Lipinski definition) is 0. The van der Waals surface area contributed by atoms with Crippen LogP contribution in [-0.4, -0.2) is 0 Å². The SMILES string of the molecule is CCCCCCCCCCCCCCCCc1ccsc1/C=C/c1sccc1CCCCCCCCCCCCCCCC. The second-order valence-electron chi connectivity index (χ2n) is 13.6. The third kappa shape index (κ3) is 21.0. The quantitative estimate of drug-likeness (QED) is 0.0698. The summed E-state index contributed by atoms with van der Waals surface area (Å²) in [7, 11) is 0. The van der Waals surface area contributed by atoms with Crippen LogP contribution in [0.4, 0.5) is 0 Å². The molecule has 0 aliphatic carbocycles. The van der Waals surface area contributed by atoms with Crippen molar-refractivity contribution in [3.8, 4) is 0 Å². The van der Waals surface area contributed by atoms with Crippen molar-refractivity contribution in [3.05, 3.63) is 43.8 Å². The van der Waals surface area contributed by atoms with Crippen LogP contribution in [-0.2, 0) is 12.8 Å². The van der Waals surface area contributed by atoms with Gasteiger partial charge in [-0.05, 0) is 71.9 Å². The van der Waals surface area contributed by atoms with Crippen molar-refractivity contribution in [2.75, 3.05) is 0 Å². The van der Waals surface area contributed by atoms with E-state index in [0.717, 1.165) is 0 Å². The molecule has 0 radical (unpaired) electrons. The molecule has 0 aliphatic heterocycles. The summed E-state index contributed by atoms with van der Waals surface area (Å²) < 4.78 is 0. The fourth-order valence-corrected chi connectivity index (χ4v) is 8.27. The molecule has 2 heteroatoms. The van der Waals surface area contributed by atoms with Crippen molar-refractivity contribution in [1.82, 2.24) is 0 Å². The summed E-state index contributed by atoms with van der Waals surface area (Å²) in [5.74, 6) is 0. The first kappa shape index (κ1) is 39.3. The molecule has 252 valence electrons. The summed E-state index contributed by atoms with van der Waals surface area (Å²) in [5.41, 5.74) is 3.13. The minimum atomic E-state index is 1.25. The monoisotopic (exact) mass is 641 g/mol. The second kappa shape index (κ2) is 29.5. The Labute approximate surface area is 283 Å². The molecule has 0 fully saturated rings. The van der Waals surface area contributed by atoms with E-state index in [1.807, 2.05) is 22.7 Å². The lowest BCUT2D eigenvalue weighted by atomic mass is 10.0. The van der Waals surface area contributed by atoms with Gasteiger partial charge in [0.15, 0.2) is 0 Å². The highest BCUT2D eigenvalue weighted by atomic mass is 32.1. The van der Waals surface area contributed by atoms with Crippen molar-refractivity contribution < 1.29 is 0 Å². The molecular weight excluding hydrogens is 569 g/mol. The minimum Gasteiger partial charge on any atom is -0.144 e. The Bertz CT molecular complexity index is 815. The molecule has 0 N–H and O–H groups in total. The Kier molecular flexibility index (Phi) is 26.4. The molecule has 0 aromatic carbocycles. The zero-order valence-corrected chi connectivity index (χ0v) is 31.1. The first-order valence-electron chi connectivity index (χ1n) is 19.7. The van der Waals surface area contributed by atoms with Crippen molar-refractivity contribution >= 4 is 34.8 Å². The van der Waals surface area contributed by atoms with Crippen LogP contribution in [0.15, 0.2) is 22.9 Å². The van der Waals surface area contributed by atoms with E-state index in [-0.39, 0.29) is 0 Å². The van der Waals surface area contributed by atoms with Crippen LogP contribution in [0.2, 0.25) is 0 Å². The largest absolute Gasteiger partial charge is 0.144 e. The predicted molar refractivity (Wildman–Crippen MR) is 206 cm³/mol. The standard InChI is InChI=1S/C42H72S2/c1-3-5-7-9-11-13-15-17-19-21-23-25-27-29-31-39-35-37-43-41(39)33-34-42-40(36-38-44-42)32-30-28-26-24-22-20-18-16-14-12-10-8-6-4-2/h33-38H,3-32H2,1-2H3/b34-33+. The fraction of sp³-hybridized carbons (Fsp3) is 0.762. The summed E-state index contributed by atoms with van der Waals surface area (Å²) >= 11 is 3.84. The number of hydrogen-bond acceptors (Lipinski definition) is 2. The molecule has 44 heavy (non-hydrogen) atoms. The molecule has 0 saturated heterocycles. The van der Waals surface area contributed by atoms with Crippen LogP contribution in [0.1, 0.15) is 215 Å². The van der Waals surface area contributed by atoms with Crippen molar-refractivity contribution in [2.45, 2.75) is 206 Å². The van der Waals surface area contributed by atoms with Crippen LogP contribution in [0, 0.1) is 0 Å². The first-order valence-corrected chi connectivity index (χ1v) is 21.4. The lowest BCUT2D eigenvalue weighted by Gasteiger charge is -2.04. The Morgan fingerprint density at radius 1 is 0.364 bits per heavy atom. The van der Waals surface area contributed by atoms with E-state index < -0.39 is 0 Å². The van der Waals surface area contributed by atoms with E-state index in [0.29, 0.717) is 0 Å². The van der Waals surface area contributed by atoms with Crippen LogP contribution in [0.5, 0.6) is 0 Å². The van der Waals surface area contributed by atoms with Gasteiger partial charge in [-0.15, -0.1) is 22.7 Å². The topological polar surface area (TPSA) is 0 Å². The highest BCUT2D eigenvalue weighted by Gasteiger charge is 2.05. The smallest absolute Gasteiger partial charge is 0.0302 e. The Morgan fingerprint density at radius 2 is 0.614 bits per heavy atom. The Morgan fingerprint density at radius 3 is 0.886 bits per heavy atom. The number of rotatable bonds is 32. The van der Waals surface area contributed by atoms with Gasteiger partial charge in [-0.1, -0.05) is 181 Å². The van der Waals surface area contributed by atoms with Crippen molar-refractivity contribution in [2.24, 2.45) is 0 Å². The molecule has 0 unspecified atom stereocenters. The van der Waals surface area contributed by atoms with Gasteiger partial charge in [0.1, 0.15) is 0 Å². The molecule has 0 bridgehead atoms. The van der Waals surface area contributed by atoms with Gasteiger partial charge in [0.25, 0.3) is 0 Å². The molecular formula is C42H72S2. The molecule has 0 amide bonds. The maximum atomic E-state index is 2.41. The minimum absolute atomic E-state index is 1.25. The van der Waals surface area contributed by atoms with Gasteiger partial charge in [-0.25, -0.2) is 0 Å². The van der Waals surface area contributed by atoms with Gasteiger partial charge in [0, 0.05) is 9.75 Å². The Balaban J connectivity index is 1.47. The average Bonchev–Trinajstić information content (AvgIpc) is 3.69. The lowest BCUT2D eigenvalue weighted by molar-refractivity contribution is 0.535. The van der Waals surface area contributed by atoms with E-state index in [4.69, 9.17) is 0 Å². The van der Waals surface area contributed by atoms with Gasteiger partial charge < -0.3 is 0 Å². The summed E-state index contributed by atoms with van der Waals surface area (Å²) in [6, 6.07) is 4.74. The van der Waals surface area contributed by atoms with E-state index in [9.17, 15) is 0 Å². The highest BCUT2D eigenvalue weighted by Crippen LogP contribution is 2.26. The zero-order valence-electron chi connectivity index (χ0n) is 29.5. The maximum absolute atomic E-state index is 2.41. The number of unbranched alkanes of at least 4 members (excludes halogenated alkanes) is 26. The summed E-state index contributed by atoms with van der Waals surface area (Å²) in [6.07, 6.45) is 47.5. The molecule has 2 aromatic rings. The number of aryl methyl sites for hydroxylation is 2. The van der Waals surface area contributed by atoms with E-state index in [2.05, 4.69) is 48.9 Å². The average molecular weight is 641 g/mol. The molecule has 0 nitrogen and oxygen atoms in total. The summed E-state index contributed by atoms with van der Waals surface area (Å²) in [6.45, 7) is 4.61. The van der Waals surface area contributed by atoms with Crippen LogP contribution in [0.3, 0.4) is 0 Å². The van der Waals surface area contributed by atoms with Gasteiger partial charge in [0.05, 0.1) is 0 Å². The predicted octanol–water partition coefficient (Wildman–Crippen LogP) is 16.0. The van der Waals surface area contributed by atoms with Crippen LogP contribution >= 0.6 is 22.7 Å². The van der Waals surface area contributed by atoms with Crippen molar-refractivity contribution in [1.29, 1.82) is 0 Å². The fourth-order valence-electron chi connectivity index (χ4n) is 6.57. The third-order valence-electron chi connectivity index (χ3n) is 9.55. The van der Waals surface area contributed by atoms with Crippen molar-refractivity contribution in [3.63, 3.8) is 0 Å². The van der Waals surface area contributed by atoms with Gasteiger partial charge in [-0.3, -0.25) is 0 Å². The van der Waals surface area contributed by atoms with Crippen LogP contribution in [0.25, 0.3) is 12.2 Å². The second-order valence-corrected chi connectivity index (χ2v) is 15.5. The van der Waals surface area contributed by atoms with Gasteiger partial charge in [0.2, 0.25) is 0 Å². The Hall–Kier alpha value is -0.860. The van der Waals surface area contributed by atoms with E-state index in [1.54, 1.807) is 11.1 Å². The lowest BCUT2D eigenvalue weighted by Crippen LogP contribution is -1.88. The molecule has 0 atom stereocenters. The molecule has 2 aromatic heterocycles. The summed E-state index contributed by atoms with van der Waals surface area (Å²) in [5, 5.41) is 4.59. The van der Waals surface area contributed by atoms with E-state index >= 15 is 0 Å². The molecule has 0 aliphatic rings. The molecule has 0 spiro atoms. The van der Waals surface area contributed by atoms with Gasteiger partial charge >= 0.3 is 0 Å². The number of thiophene rings is 2. The van der Waals surface area contributed by atoms with E-state index in [1.165, 1.54) is 202 Å². The molecule has 2 rings (SSSR count). The van der Waals surface area contributed by atoms with Gasteiger partial charge in [-0.2, -0.15) is 0 Å². The molecule has 0 saturated carbocycles. The van der Waals surface area contributed by atoms with Crippen LogP contribution < -0.4 is 0 Å². The molecule has 2 heterocycles. The summed E-state index contributed by atoms with van der Waals surface area (Å²) in [4.78, 5) is 2.96. The zero-order chi connectivity index (χ0) is 31.2. The highest BCUT2D eigenvalue weighted by molar-refractivity contribution is 7.12.